The fourth-order valence-electron chi connectivity index (χ4n) is 1.27. The van der Waals surface area contributed by atoms with Crippen molar-refractivity contribution in [2.45, 2.75) is 6.92 Å². The zero-order valence-corrected chi connectivity index (χ0v) is 9.02. The van der Waals surface area contributed by atoms with Gasteiger partial charge in [0.15, 0.2) is 0 Å². The van der Waals surface area contributed by atoms with Gasteiger partial charge < -0.3 is 4.98 Å². The minimum atomic E-state index is 0.405. The summed E-state index contributed by atoms with van der Waals surface area (Å²) in [6.07, 6.45) is 0. The molecule has 0 aliphatic heterocycles. The van der Waals surface area contributed by atoms with Crippen LogP contribution in [0.1, 0.15) is 5.69 Å². The van der Waals surface area contributed by atoms with Gasteiger partial charge in [-0.05, 0) is 31.2 Å². The molecule has 0 aliphatic rings. The summed E-state index contributed by atoms with van der Waals surface area (Å²) in [7, 11) is 0. The Morgan fingerprint density at radius 2 is 1.93 bits per heavy atom. The molecule has 0 aromatic carbocycles. The average Bonchev–Trinajstić information content (AvgIpc) is 2.51. The maximum atomic E-state index is 5.96. The maximum Gasteiger partial charge on any atom is 0.140 e. The van der Waals surface area contributed by atoms with E-state index < -0.39 is 0 Å². The van der Waals surface area contributed by atoms with Gasteiger partial charge in [0.1, 0.15) is 10.3 Å². The lowest BCUT2D eigenvalue weighted by Gasteiger charge is -2.00. The van der Waals surface area contributed by atoms with Crippen LogP contribution in [0.5, 0.6) is 0 Å². The predicted octanol–water partition coefficient (Wildman–Crippen LogP) is 3.69. The lowest BCUT2D eigenvalue weighted by atomic mass is 10.2. The van der Waals surface area contributed by atoms with E-state index in [4.69, 9.17) is 23.2 Å². The Labute approximate surface area is 91.9 Å². The van der Waals surface area contributed by atoms with Crippen LogP contribution in [0, 0.1) is 6.92 Å². The maximum absolute atomic E-state index is 5.96. The highest BCUT2D eigenvalue weighted by atomic mass is 35.5. The third-order valence-electron chi connectivity index (χ3n) is 1.94. The first kappa shape index (κ1) is 9.56. The number of nitrogens with one attached hydrogen (secondary N) is 1. The quantitative estimate of drug-likeness (QED) is 0.739. The van der Waals surface area contributed by atoms with E-state index >= 15 is 0 Å². The first-order valence-electron chi connectivity index (χ1n) is 4.15. The number of halogens is 2. The molecule has 0 fully saturated rings. The average molecular weight is 227 g/mol. The van der Waals surface area contributed by atoms with Gasteiger partial charge in [0.25, 0.3) is 0 Å². The molecule has 2 aromatic heterocycles. The van der Waals surface area contributed by atoms with Crippen molar-refractivity contribution >= 4 is 23.2 Å². The number of hydrogen-bond donors (Lipinski definition) is 1. The third kappa shape index (κ3) is 1.76. The number of pyridine rings is 1. The van der Waals surface area contributed by atoms with Crippen LogP contribution in [-0.4, -0.2) is 9.97 Å². The normalized spacial score (nSPS) is 10.5. The number of nitrogens with zero attached hydrogens (tertiary/aromatic N) is 1. The molecule has 0 unspecified atom stereocenters. The van der Waals surface area contributed by atoms with Crippen LogP contribution < -0.4 is 0 Å². The van der Waals surface area contributed by atoms with Crippen molar-refractivity contribution < 1.29 is 0 Å². The van der Waals surface area contributed by atoms with E-state index in [1.807, 2.05) is 25.1 Å². The molecule has 0 aliphatic carbocycles. The minimum Gasteiger partial charge on any atom is -0.359 e. The molecular weight excluding hydrogens is 219 g/mol. The van der Waals surface area contributed by atoms with Gasteiger partial charge in [-0.15, -0.1) is 0 Å². The van der Waals surface area contributed by atoms with Crippen molar-refractivity contribution in [3.8, 4) is 11.3 Å². The van der Waals surface area contributed by atoms with Crippen LogP contribution in [0.2, 0.25) is 10.3 Å². The van der Waals surface area contributed by atoms with Gasteiger partial charge in [0.05, 0.1) is 0 Å². The van der Waals surface area contributed by atoms with Crippen LogP contribution >= 0.6 is 23.2 Å². The fraction of sp³-hybridized carbons (Fsp3) is 0.100. The van der Waals surface area contributed by atoms with E-state index in [0.717, 1.165) is 17.0 Å². The van der Waals surface area contributed by atoms with Crippen molar-refractivity contribution in [2.24, 2.45) is 0 Å². The van der Waals surface area contributed by atoms with E-state index in [-0.39, 0.29) is 0 Å². The Hall–Kier alpha value is -0.990. The van der Waals surface area contributed by atoms with E-state index in [2.05, 4.69) is 9.97 Å². The SMILES string of the molecule is Cc1ccc(-c2ccc(Cl)nc2Cl)[nH]1. The number of aromatic nitrogens is 2. The van der Waals surface area contributed by atoms with E-state index in [1.54, 1.807) is 6.07 Å². The van der Waals surface area contributed by atoms with Gasteiger partial charge in [0, 0.05) is 17.0 Å². The molecular formula is C10H8Cl2N2. The first-order chi connectivity index (χ1) is 6.66. The van der Waals surface area contributed by atoms with Crippen molar-refractivity contribution in [1.82, 2.24) is 9.97 Å². The van der Waals surface area contributed by atoms with Gasteiger partial charge in [-0.3, -0.25) is 0 Å². The number of hydrogen-bond acceptors (Lipinski definition) is 1. The molecule has 0 amide bonds. The minimum absolute atomic E-state index is 0.405. The molecule has 4 heteroatoms. The number of rotatable bonds is 1. The molecule has 0 bridgehead atoms. The van der Waals surface area contributed by atoms with Crippen LogP contribution in [0.15, 0.2) is 24.3 Å². The molecule has 0 atom stereocenters. The number of aromatic amines is 1. The molecule has 0 saturated heterocycles. The summed E-state index contributed by atoms with van der Waals surface area (Å²) in [4.78, 5) is 7.16. The molecule has 1 N–H and O–H groups in total. The zero-order chi connectivity index (χ0) is 10.1. The molecule has 0 spiro atoms. The Bertz CT molecular complexity index is 463. The highest BCUT2D eigenvalue weighted by Crippen LogP contribution is 2.26. The van der Waals surface area contributed by atoms with Crippen LogP contribution in [-0.2, 0) is 0 Å². The smallest absolute Gasteiger partial charge is 0.140 e. The molecule has 2 nitrogen and oxygen atoms in total. The van der Waals surface area contributed by atoms with Crippen molar-refractivity contribution in [3.63, 3.8) is 0 Å². The highest BCUT2D eigenvalue weighted by Gasteiger charge is 2.06. The van der Waals surface area contributed by atoms with Gasteiger partial charge in [-0.25, -0.2) is 4.98 Å². The van der Waals surface area contributed by atoms with Gasteiger partial charge in [-0.1, -0.05) is 23.2 Å². The van der Waals surface area contributed by atoms with Gasteiger partial charge in [0.2, 0.25) is 0 Å². The molecule has 0 saturated carbocycles. The largest absolute Gasteiger partial charge is 0.359 e. The summed E-state index contributed by atoms with van der Waals surface area (Å²) in [5, 5.41) is 0.821. The Morgan fingerprint density at radius 3 is 2.50 bits per heavy atom. The molecule has 2 heterocycles. The summed E-state index contributed by atoms with van der Waals surface area (Å²) < 4.78 is 0. The van der Waals surface area contributed by atoms with E-state index in [1.165, 1.54) is 0 Å². The summed E-state index contributed by atoms with van der Waals surface area (Å²) in [6, 6.07) is 7.52. The fourth-order valence-corrected chi connectivity index (χ4v) is 1.72. The lowest BCUT2D eigenvalue weighted by molar-refractivity contribution is 1.25. The van der Waals surface area contributed by atoms with Crippen LogP contribution in [0.25, 0.3) is 11.3 Å². The zero-order valence-electron chi connectivity index (χ0n) is 7.51. The van der Waals surface area contributed by atoms with Crippen LogP contribution in [0.3, 0.4) is 0 Å². The van der Waals surface area contributed by atoms with Crippen molar-refractivity contribution in [1.29, 1.82) is 0 Å². The van der Waals surface area contributed by atoms with E-state index in [0.29, 0.717) is 10.3 Å². The van der Waals surface area contributed by atoms with Crippen LogP contribution in [0.4, 0.5) is 0 Å². The second kappa shape index (κ2) is 3.64. The predicted molar refractivity (Wildman–Crippen MR) is 58.8 cm³/mol. The summed E-state index contributed by atoms with van der Waals surface area (Å²) in [5.74, 6) is 0. The van der Waals surface area contributed by atoms with Crippen molar-refractivity contribution in [2.75, 3.05) is 0 Å². The standard InChI is InChI=1S/C10H8Cl2N2/c1-6-2-4-8(13-6)7-3-5-9(11)14-10(7)12/h2-5,13H,1H3. The second-order valence-electron chi connectivity index (χ2n) is 3.03. The Kier molecular flexibility index (Phi) is 2.48. The van der Waals surface area contributed by atoms with Crippen molar-refractivity contribution in [3.05, 3.63) is 40.3 Å². The van der Waals surface area contributed by atoms with E-state index in [9.17, 15) is 0 Å². The highest BCUT2D eigenvalue weighted by molar-refractivity contribution is 6.34. The molecule has 2 rings (SSSR count). The summed E-state index contributed by atoms with van der Waals surface area (Å²) in [6.45, 7) is 1.99. The summed E-state index contributed by atoms with van der Waals surface area (Å²) >= 11 is 11.7. The topological polar surface area (TPSA) is 28.7 Å². The Morgan fingerprint density at radius 1 is 1.14 bits per heavy atom. The monoisotopic (exact) mass is 226 g/mol. The molecule has 72 valence electrons. The molecule has 0 radical (unpaired) electrons. The van der Waals surface area contributed by atoms with Gasteiger partial charge >= 0.3 is 0 Å². The second-order valence-corrected chi connectivity index (χ2v) is 3.77. The number of aryl methyl sites for hydroxylation is 1. The third-order valence-corrected chi connectivity index (χ3v) is 2.44. The molecule has 14 heavy (non-hydrogen) atoms. The number of H-pyrrole nitrogens is 1. The van der Waals surface area contributed by atoms with Gasteiger partial charge in [-0.2, -0.15) is 0 Å². The molecule has 2 aromatic rings. The Balaban J connectivity index is 2.52. The summed E-state index contributed by atoms with van der Waals surface area (Å²) in [5.41, 5.74) is 2.91. The first-order valence-corrected chi connectivity index (χ1v) is 4.90. The lowest BCUT2D eigenvalue weighted by Crippen LogP contribution is -1.84.